The average Bonchev–Trinajstić information content (AvgIpc) is 4.08. The Bertz CT molecular complexity index is 3050. The van der Waals surface area contributed by atoms with E-state index in [2.05, 4.69) is 32.8 Å². The highest BCUT2D eigenvalue weighted by Gasteiger charge is 2.52. The van der Waals surface area contributed by atoms with Crippen molar-refractivity contribution in [2.24, 2.45) is 0 Å². The molecule has 1 aliphatic carbocycles. The SMILES string of the molecule is CS(=O)(=O)Nc1ccc(Br)cc1SC1(C(Cl)C(=O)CO)CC1.CSc1cc(Cl)ccc1CS(=O)(=O)c1cccc(C)c1.Cc1ccc(S(=O)(=O)Cc2cc(Cl)ccc2SCc2ccccc2)cc1. The van der Waals surface area contributed by atoms with Gasteiger partial charge in [-0.1, -0.05) is 105 Å². The molecule has 9 nitrogen and oxygen atoms in total. The van der Waals surface area contributed by atoms with Crippen LogP contribution in [0.1, 0.15) is 40.7 Å². The minimum atomic E-state index is -3.42. The third-order valence-electron chi connectivity index (χ3n) is 10.1. The predicted octanol–water partition coefficient (Wildman–Crippen LogP) is 12.9. The van der Waals surface area contributed by atoms with Gasteiger partial charge < -0.3 is 5.11 Å². The average molecular weight is 1160 g/mol. The van der Waals surface area contributed by atoms with Gasteiger partial charge in [-0.15, -0.1) is 46.9 Å². The number of hydrogen-bond donors (Lipinski definition) is 2. The third kappa shape index (κ3) is 16.8. The molecule has 0 bridgehead atoms. The van der Waals surface area contributed by atoms with Crippen LogP contribution in [-0.4, -0.2) is 65.4 Å². The Morgan fingerprint density at radius 1 is 0.706 bits per heavy atom. The maximum Gasteiger partial charge on any atom is 0.229 e. The van der Waals surface area contributed by atoms with Crippen molar-refractivity contribution in [3.05, 3.63) is 176 Å². The molecule has 6 aromatic carbocycles. The highest BCUT2D eigenvalue weighted by atomic mass is 79.9. The zero-order chi connectivity index (χ0) is 49.9. The van der Waals surface area contributed by atoms with Crippen LogP contribution in [0, 0.1) is 13.8 Å². The topological polar surface area (TPSA) is 152 Å². The summed E-state index contributed by atoms with van der Waals surface area (Å²) >= 11 is 26.1. The molecule has 362 valence electrons. The van der Waals surface area contributed by atoms with Crippen molar-refractivity contribution in [2.45, 2.75) is 78.5 Å². The summed E-state index contributed by atoms with van der Waals surface area (Å²) < 4.78 is 76.2. The normalized spacial score (nSPS) is 13.5. The summed E-state index contributed by atoms with van der Waals surface area (Å²) in [5.41, 5.74) is 5.13. The zero-order valence-electron chi connectivity index (χ0n) is 37.3. The van der Waals surface area contributed by atoms with E-state index in [-0.39, 0.29) is 11.5 Å². The number of hydrogen-bond acceptors (Lipinski definition) is 11. The third-order valence-corrected chi connectivity index (χ3v) is 19.4. The number of sulfonamides is 1. The van der Waals surface area contributed by atoms with E-state index in [0.717, 1.165) is 61.4 Å². The fraction of sp³-hybridized carbons (Fsp3) is 0.245. The number of carbonyl (C=O) groups is 1. The number of thioether (sulfide) groups is 3. The number of nitrogens with one attached hydrogen (secondary N) is 1. The Labute approximate surface area is 436 Å². The van der Waals surface area contributed by atoms with Gasteiger partial charge in [0.15, 0.2) is 25.5 Å². The predicted molar refractivity (Wildman–Crippen MR) is 287 cm³/mol. The van der Waals surface area contributed by atoms with Crippen molar-refractivity contribution in [1.82, 2.24) is 0 Å². The van der Waals surface area contributed by atoms with Crippen molar-refractivity contribution in [2.75, 3.05) is 23.8 Å². The molecule has 7 rings (SSSR count). The molecule has 0 radical (unpaired) electrons. The van der Waals surface area contributed by atoms with Gasteiger partial charge in [0.25, 0.3) is 0 Å². The zero-order valence-corrected chi connectivity index (χ0v) is 46.0. The first-order valence-corrected chi connectivity index (χ1v) is 30.8. The van der Waals surface area contributed by atoms with Crippen LogP contribution in [0.4, 0.5) is 5.69 Å². The summed E-state index contributed by atoms with van der Waals surface area (Å²) in [4.78, 5) is 14.9. The van der Waals surface area contributed by atoms with E-state index in [1.54, 1.807) is 90.6 Å². The Balaban J connectivity index is 0.000000192. The van der Waals surface area contributed by atoms with Crippen LogP contribution in [-0.2, 0) is 51.8 Å². The minimum Gasteiger partial charge on any atom is -0.389 e. The van der Waals surface area contributed by atoms with Gasteiger partial charge in [-0.05, 0) is 128 Å². The number of aryl methyl sites for hydroxylation is 2. The molecule has 1 aliphatic rings. The number of ketones is 1. The van der Waals surface area contributed by atoms with Gasteiger partial charge in [-0.25, -0.2) is 25.3 Å². The van der Waals surface area contributed by atoms with E-state index < -0.39 is 52.2 Å². The first-order valence-electron chi connectivity index (χ1n) is 20.6. The van der Waals surface area contributed by atoms with Gasteiger partial charge in [0.1, 0.15) is 12.0 Å². The molecule has 6 aromatic rings. The van der Waals surface area contributed by atoms with Crippen molar-refractivity contribution >= 4 is 127 Å². The summed E-state index contributed by atoms with van der Waals surface area (Å²) in [6.45, 7) is 3.23. The quantitative estimate of drug-likeness (QED) is 0.0663. The second-order valence-corrected chi connectivity index (χ2v) is 27.1. The van der Waals surface area contributed by atoms with E-state index in [9.17, 15) is 30.0 Å². The van der Waals surface area contributed by atoms with E-state index >= 15 is 0 Å². The van der Waals surface area contributed by atoms with Gasteiger partial charge in [0.05, 0.1) is 33.2 Å². The van der Waals surface area contributed by atoms with Crippen LogP contribution in [0.3, 0.4) is 0 Å². The van der Waals surface area contributed by atoms with Crippen molar-refractivity contribution in [3.63, 3.8) is 0 Å². The van der Waals surface area contributed by atoms with Gasteiger partial charge in [0.2, 0.25) is 10.0 Å². The molecule has 0 spiro atoms. The molecular formula is C49H49BrCl3NO8S6. The van der Waals surface area contributed by atoms with Crippen LogP contribution >= 0.6 is 86.0 Å². The van der Waals surface area contributed by atoms with Crippen LogP contribution < -0.4 is 4.72 Å². The second kappa shape index (κ2) is 24.9. The molecule has 1 fully saturated rings. The summed E-state index contributed by atoms with van der Waals surface area (Å²) in [7, 11) is -10.2. The summed E-state index contributed by atoms with van der Waals surface area (Å²) in [5.74, 6) is 0.289. The molecule has 1 unspecified atom stereocenters. The van der Waals surface area contributed by atoms with Gasteiger partial charge in [-0.2, -0.15) is 0 Å². The first kappa shape index (κ1) is 55.9. The maximum atomic E-state index is 12.8. The molecule has 0 aromatic heterocycles. The largest absolute Gasteiger partial charge is 0.389 e. The Morgan fingerprint density at radius 3 is 1.96 bits per heavy atom. The molecule has 0 saturated heterocycles. The van der Waals surface area contributed by atoms with E-state index in [1.165, 1.54) is 29.1 Å². The lowest BCUT2D eigenvalue weighted by molar-refractivity contribution is -0.121. The highest BCUT2D eigenvalue weighted by Crippen LogP contribution is 2.57. The number of aliphatic hydroxyl groups excluding tert-OH is 1. The molecule has 2 N–H and O–H groups in total. The Hall–Kier alpha value is -3.00. The number of halogens is 4. The van der Waals surface area contributed by atoms with E-state index in [1.807, 2.05) is 62.6 Å². The van der Waals surface area contributed by atoms with Crippen molar-refractivity contribution in [3.8, 4) is 0 Å². The summed E-state index contributed by atoms with van der Waals surface area (Å²) in [5, 5.41) is 9.33. The Kier molecular flexibility index (Phi) is 20.5. The van der Waals surface area contributed by atoms with Crippen LogP contribution in [0.2, 0.25) is 10.0 Å². The van der Waals surface area contributed by atoms with Crippen molar-refractivity contribution < 1.29 is 35.2 Å². The van der Waals surface area contributed by atoms with Crippen LogP contribution in [0.5, 0.6) is 0 Å². The fourth-order valence-corrected chi connectivity index (χ4v) is 14.6. The fourth-order valence-electron chi connectivity index (χ4n) is 6.49. The van der Waals surface area contributed by atoms with Crippen LogP contribution in [0.15, 0.2) is 162 Å². The lowest BCUT2D eigenvalue weighted by Crippen LogP contribution is -2.30. The van der Waals surface area contributed by atoms with Gasteiger partial charge >= 0.3 is 0 Å². The summed E-state index contributed by atoms with van der Waals surface area (Å²) in [6.07, 6.45) is 4.47. The lowest BCUT2D eigenvalue weighted by atomic mass is 10.2. The number of anilines is 1. The van der Waals surface area contributed by atoms with Crippen molar-refractivity contribution in [1.29, 1.82) is 0 Å². The Morgan fingerprint density at radius 2 is 1.34 bits per heavy atom. The number of benzene rings is 6. The number of aliphatic hydroxyl groups is 1. The molecule has 1 saturated carbocycles. The standard InChI is InChI=1S/C21H19ClO2S2.C15H15ClO2S2.C13H15BrClNO4S2/c1-16-7-10-20(11-8-16)26(23,24)15-18-13-19(22)9-12-21(18)25-14-17-5-3-2-4-6-17;1-11-4-3-5-14(8-11)20(17,18)10-12-6-7-13(16)9-15(12)19-2;1-22(19,20)16-9-3-2-8(14)6-11(9)21-13(4-5-13)12(15)10(18)7-17/h2-13H,14-15H2,1H3;3-9H,10H2,1-2H3;2-3,6,12,16-17H,4-5,7H2,1H3. The molecule has 0 heterocycles. The van der Waals surface area contributed by atoms with E-state index in [0.29, 0.717) is 30.4 Å². The highest BCUT2D eigenvalue weighted by molar-refractivity contribution is 9.10. The number of Topliss-reactive ketones (excluding diaryl/α,β-unsaturated/α-hetero) is 1. The molecule has 0 aliphatic heterocycles. The van der Waals surface area contributed by atoms with Gasteiger partial charge in [0, 0.05) is 39.7 Å². The maximum absolute atomic E-state index is 12.8. The molecule has 19 heteroatoms. The smallest absolute Gasteiger partial charge is 0.229 e. The number of carbonyl (C=O) groups excluding carboxylic acids is 1. The lowest BCUT2D eigenvalue weighted by Gasteiger charge is -2.21. The molecule has 0 amide bonds. The number of rotatable bonds is 17. The van der Waals surface area contributed by atoms with Crippen LogP contribution in [0.25, 0.3) is 0 Å². The van der Waals surface area contributed by atoms with Gasteiger partial charge in [-0.3, -0.25) is 9.52 Å². The minimum absolute atomic E-state index is 0.0101. The molecule has 68 heavy (non-hydrogen) atoms. The second-order valence-electron chi connectivity index (χ2n) is 15.8. The van der Waals surface area contributed by atoms with E-state index in [4.69, 9.17) is 39.9 Å². The number of alkyl halides is 1. The summed E-state index contributed by atoms with van der Waals surface area (Å²) in [6, 6.07) is 40.0. The number of sulfone groups is 2. The monoisotopic (exact) mass is 1160 g/mol. The molecular weight excluding hydrogens is 1110 g/mol. The first-order chi connectivity index (χ1) is 32.0. The molecule has 1 atom stereocenters.